The van der Waals surface area contributed by atoms with Crippen molar-refractivity contribution >= 4 is 16.7 Å². The largest absolute Gasteiger partial charge is 0.477 e. The normalized spacial score (nSPS) is 11.4. The first-order chi connectivity index (χ1) is 14.5. The van der Waals surface area contributed by atoms with Crippen molar-refractivity contribution in [2.45, 2.75) is 33.2 Å². The van der Waals surface area contributed by atoms with E-state index < -0.39 is 0 Å². The Kier molecular flexibility index (Phi) is 5.30. The molecule has 156 valence electrons. The van der Waals surface area contributed by atoms with Crippen LogP contribution in [-0.4, -0.2) is 46.6 Å². The average Bonchev–Trinajstić information content (AvgIpc) is 3.30. The van der Waals surface area contributed by atoms with Gasteiger partial charge < -0.3 is 10.1 Å². The lowest BCUT2D eigenvalue weighted by atomic mass is 10.0. The molecule has 0 amide bonds. The second-order valence-corrected chi connectivity index (χ2v) is 7.26. The molecule has 0 aromatic carbocycles. The van der Waals surface area contributed by atoms with E-state index in [-0.39, 0.29) is 5.92 Å². The fourth-order valence-corrected chi connectivity index (χ4v) is 3.36. The van der Waals surface area contributed by atoms with E-state index in [4.69, 9.17) is 14.8 Å². The molecule has 0 fully saturated rings. The van der Waals surface area contributed by atoms with Crippen LogP contribution in [0.15, 0.2) is 24.4 Å². The van der Waals surface area contributed by atoms with E-state index in [1.165, 1.54) is 4.80 Å². The van der Waals surface area contributed by atoms with Gasteiger partial charge in [-0.15, -0.1) is 10.2 Å². The van der Waals surface area contributed by atoms with Crippen molar-refractivity contribution in [3.05, 3.63) is 35.9 Å². The van der Waals surface area contributed by atoms with Crippen molar-refractivity contribution in [3.8, 4) is 17.1 Å². The fraction of sp³-hybridized carbons (Fsp3) is 0.400. The van der Waals surface area contributed by atoms with Crippen LogP contribution in [-0.2, 0) is 20.6 Å². The molecule has 0 bridgehead atoms. The molecule has 0 atom stereocenters. The summed E-state index contributed by atoms with van der Waals surface area (Å²) in [7, 11) is 3.65. The van der Waals surface area contributed by atoms with Crippen molar-refractivity contribution in [1.82, 2.24) is 40.0 Å². The van der Waals surface area contributed by atoms with E-state index in [9.17, 15) is 0 Å². The van der Waals surface area contributed by atoms with E-state index in [0.29, 0.717) is 24.9 Å². The number of hydrogen-bond donors (Lipinski definition) is 1. The van der Waals surface area contributed by atoms with Crippen LogP contribution >= 0.6 is 0 Å². The minimum Gasteiger partial charge on any atom is -0.477 e. The van der Waals surface area contributed by atoms with Gasteiger partial charge in [-0.05, 0) is 36.3 Å². The molecule has 0 radical (unpaired) electrons. The number of tetrazole rings is 1. The first-order valence-corrected chi connectivity index (χ1v) is 9.90. The Labute approximate surface area is 174 Å². The number of nitrogens with zero attached hydrogens (tertiary/aromatic N) is 8. The number of pyridine rings is 2. The summed E-state index contributed by atoms with van der Waals surface area (Å²) < 4.78 is 7.54. The van der Waals surface area contributed by atoms with Crippen molar-refractivity contribution in [2.24, 2.45) is 14.1 Å². The summed E-state index contributed by atoms with van der Waals surface area (Å²) in [4.78, 5) is 10.7. The van der Waals surface area contributed by atoms with E-state index in [2.05, 4.69) is 39.6 Å². The lowest BCUT2D eigenvalue weighted by molar-refractivity contribution is 0.328. The summed E-state index contributed by atoms with van der Waals surface area (Å²) in [6.07, 6.45) is 1.72. The molecule has 4 rings (SSSR count). The maximum Gasteiger partial charge on any atom is 0.222 e. The van der Waals surface area contributed by atoms with E-state index in [0.717, 1.165) is 33.7 Å². The molecule has 0 aliphatic carbocycles. The van der Waals surface area contributed by atoms with Crippen LogP contribution < -0.4 is 10.1 Å². The van der Waals surface area contributed by atoms with Gasteiger partial charge in [0.1, 0.15) is 0 Å². The molecular weight excluding hydrogens is 382 g/mol. The number of anilines is 1. The molecule has 0 unspecified atom stereocenters. The smallest absolute Gasteiger partial charge is 0.222 e. The Morgan fingerprint density at radius 3 is 2.73 bits per heavy atom. The third-order valence-corrected chi connectivity index (χ3v) is 4.68. The first kappa shape index (κ1) is 19.7. The van der Waals surface area contributed by atoms with Crippen LogP contribution in [0.1, 0.15) is 38.2 Å². The van der Waals surface area contributed by atoms with Crippen LogP contribution in [0.25, 0.3) is 22.3 Å². The Balaban J connectivity index is 1.86. The molecule has 10 nitrogen and oxygen atoms in total. The van der Waals surface area contributed by atoms with Gasteiger partial charge >= 0.3 is 0 Å². The second-order valence-electron chi connectivity index (χ2n) is 7.26. The van der Waals surface area contributed by atoms with Gasteiger partial charge in [0.2, 0.25) is 5.88 Å². The molecule has 1 N–H and O–H groups in total. The maximum absolute atomic E-state index is 5.72. The highest BCUT2D eigenvalue weighted by Gasteiger charge is 2.20. The molecule has 0 aliphatic heterocycles. The van der Waals surface area contributed by atoms with Gasteiger partial charge in [-0.3, -0.25) is 4.68 Å². The van der Waals surface area contributed by atoms with Crippen molar-refractivity contribution in [2.75, 3.05) is 11.9 Å². The topological polar surface area (TPSA) is 108 Å². The number of ether oxygens (including phenoxy) is 1. The zero-order valence-electron chi connectivity index (χ0n) is 17.8. The highest BCUT2D eigenvalue weighted by Crippen LogP contribution is 2.35. The van der Waals surface area contributed by atoms with Gasteiger partial charge in [0, 0.05) is 18.9 Å². The van der Waals surface area contributed by atoms with Gasteiger partial charge in [-0.1, -0.05) is 13.8 Å². The Bertz CT molecular complexity index is 1180. The Hall–Kier alpha value is -3.56. The summed E-state index contributed by atoms with van der Waals surface area (Å²) in [6, 6.07) is 5.84. The fourth-order valence-electron chi connectivity index (χ4n) is 3.36. The maximum atomic E-state index is 5.72. The molecule has 4 heterocycles. The highest BCUT2D eigenvalue weighted by atomic mass is 16.5. The number of hydrogen-bond acceptors (Lipinski definition) is 8. The molecule has 0 spiro atoms. The lowest BCUT2D eigenvalue weighted by Crippen LogP contribution is -2.05. The number of rotatable bonds is 7. The zero-order valence-corrected chi connectivity index (χ0v) is 17.8. The SMILES string of the molecule is CCOc1ncccc1-c1cc(NCc2nnn(C)n2)c2c(C(C)C)nn(C)c2n1. The Morgan fingerprint density at radius 2 is 2.03 bits per heavy atom. The summed E-state index contributed by atoms with van der Waals surface area (Å²) in [5.41, 5.74) is 4.27. The second kappa shape index (κ2) is 8.05. The average molecular weight is 407 g/mol. The molecule has 0 saturated heterocycles. The van der Waals surface area contributed by atoms with Crippen molar-refractivity contribution in [1.29, 1.82) is 0 Å². The molecule has 30 heavy (non-hydrogen) atoms. The van der Waals surface area contributed by atoms with Crippen LogP contribution in [0.4, 0.5) is 5.69 Å². The van der Waals surface area contributed by atoms with E-state index in [1.807, 2.05) is 36.9 Å². The Morgan fingerprint density at radius 1 is 1.20 bits per heavy atom. The van der Waals surface area contributed by atoms with Gasteiger partial charge in [0.15, 0.2) is 11.5 Å². The third-order valence-electron chi connectivity index (χ3n) is 4.68. The van der Waals surface area contributed by atoms with E-state index in [1.54, 1.807) is 13.2 Å². The standard InChI is InChI=1S/C20H25N9O/c1-6-30-20-13(8-7-9-21-20)14-10-15(22-11-16-24-27-29(5)25-16)17-18(12(2)3)26-28(4)19(17)23-14/h7-10,12H,6,11H2,1-5H3,(H,22,23). The van der Waals surface area contributed by atoms with Crippen molar-refractivity contribution in [3.63, 3.8) is 0 Å². The molecule has 10 heteroatoms. The van der Waals surface area contributed by atoms with Crippen LogP contribution in [0, 0.1) is 0 Å². The summed E-state index contributed by atoms with van der Waals surface area (Å²) in [5, 5.41) is 21.4. The molecule has 0 aliphatic rings. The summed E-state index contributed by atoms with van der Waals surface area (Å²) >= 11 is 0. The van der Waals surface area contributed by atoms with Crippen LogP contribution in [0.3, 0.4) is 0 Å². The third kappa shape index (κ3) is 3.68. The summed E-state index contributed by atoms with van der Waals surface area (Å²) in [6.45, 7) is 7.14. The zero-order chi connectivity index (χ0) is 21.3. The molecular formula is C20H25N9O. The predicted molar refractivity (Wildman–Crippen MR) is 113 cm³/mol. The summed E-state index contributed by atoms with van der Waals surface area (Å²) in [5.74, 6) is 1.41. The minimum atomic E-state index is 0.244. The number of nitrogens with one attached hydrogen (secondary N) is 1. The van der Waals surface area contributed by atoms with Gasteiger partial charge in [0.05, 0.1) is 42.5 Å². The highest BCUT2D eigenvalue weighted by molar-refractivity contribution is 5.94. The van der Waals surface area contributed by atoms with E-state index >= 15 is 0 Å². The number of fused-ring (bicyclic) bond motifs is 1. The predicted octanol–water partition coefficient (Wildman–Crippen LogP) is 2.69. The van der Waals surface area contributed by atoms with Gasteiger partial charge in [0.25, 0.3) is 0 Å². The quantitative estimate of drug-likeness (QED) is 0.498. The van der Waals surface area contributed by atoms with Gasteiger partial charge in [-0.25, -0.2) is 9.97 Å². The molecule has 0 saturated carbocycles. The molecule has 4 aromatic rings. The molecule has 4 aromatic heterocycles. The lowest BCUT2D eigenvalue weighted by Gasteiger charge is -2.13. The minimum absolute atomic E-state index is 0.244. The van der Waals surface area contributed by atoms with Crippen LogP contribution in [0.2, 0.25) is 0 Å². The monoisotopic (exact) mass is 407 g/mol. The van der Waals surface area contributed by atoms with Crippen molar-refractivity contribution < 1.29 is 4.74 Å². The first-order valence-electron chi connectivity index (χ1n) is 9.90. The van der Waals surface area contributed by atoms with Gasteiger partial charge in [-0.2, -0.15) is 9.90 Å². The number of aromatic nitrogens is 8. The van der Waals surface area contributed by atoms with Crippen LogP contribution in [0.5, 0.6) is 5.88 Å². The number of aryl methyl sites for hydroxylation is 2.